The fourth-order valence-electron chi connectivity index (χ4n) is 2.50. The number of ether oxygens (including phenoxy) is 5. The molecule has 2 N–H and O–H groups in total. The number of carbonyl (C=O) groups is 4. The van der Waals surface area contributed by atoms with Gasteiger partial charge in [-0.2, -0.15) is 0 Å². The summed E-state index contributed by atoms with van der Waals surface area (Å²) in [5, 5.41) is 0. The van der Waals surface area contributed by atoms with Crippen molar-refractivity contribution in [3.63, 3.8) is 0 Å². The molecular weight excluding hydrogens is 422 g/mol. The molecule has 0 saturated carbocycles. The summed E-state index contributed by atoms with van der Waals surface area (Å²) in [6.45, 7) is 5.04. The number of hydrogen-bond donors (Lipinski definition) is 1. The first-order valence-corrected chi connectivity index (χ1v) is 10.4. The Morgan fingerprint density at radius 2 is 1.56 bits per heavy atom. The van der Waals surface area contributed by atoms with Crippen molar-refractivity contribution in [2.45, 2.75) is 65.0 Å². The van der Waals surface area contributed by atoms with Crippen molar-refractivity contribution in [2.24, 2.45) is 5.73 Å². The maximum atomic E-state index is 12.2. The van der Waals surface area contributed by atoms with Gasteiger partial charge in [0.1, 0.15) is 18.8 Å². The zero-order valence-corrected chi connectivity index (χ0v) is 18.9. The summed E-state index contributed by atoms with van der Waals surface area (Å²) in [6, 6.07) is 3.58. The Morgan fingerprint density at radius 3 is 2.12 bits per heavy atom. The van der Waals surface area contributed by atoms with Crippen LogP contribution in [0.1, 0.15) is 52.0 Å². The number of hydrogen-bond acceptors (Lipinski definition) is 10. The van der Waals surface area contributed by atoms with Crippen LogP contribution in [0, 0.1) is 0 Å². The van der Waals surface area contributed by atoms with Gasteiger partial charge in [-0.3, -0.25) is 14.4 Å². The van der Waals surface area contributed by atoms with E-state index in [1.807, 2.05) is 13.8 Å². The van der Waals surface area contributed by atoms with E-state index in [9.17, 15) is 19.2 Å². The van der Waals surface area contributed by atoms with E-state index in [1.54, 1.807) is 6.07 Å². The molecule has 10 heteroatoms. The molecule has 0 amide bonds. The zero-order chi connectivity index (χ0) is 24.1. The first-order valence-electron chi connectivity index (χ1n) is 10.4. The molecule has 0 aliphatic heterocycles. The van der Waals surface area contributed by atoms with Crippen molar-refractivity contribution in [3.05, 3.63) is 23.8 Å². The molecule has 1 aromatic rings. The van der Waals surface area contributed by atoms with Crippen molar-refractivity contribution < 1.29 is 42.9 Å². The van der Waals surface area contributed by atoms with Crippen LogP contribution in [0.5, 0.6) is 11.5 Å². The molecular formula is C22H31NO9. The Hall–Kier alpha value is -3.14. The molecule has 0 radical (unpaired) electrons. The quantitative estimate of drug-likeness (QED) is 0.371. The minimum Gasteiger partial charge on any atom is -0.458 e. The van der Waals surface area contributed by atoms with Gasteiger partial charge in [0.15, 0.2) is 11.5 Å². The fraction of sp³-hybridized carbons (Fsp3) is 0.545. The van der Waals surface area contributed by atoms with Gasteiger partial charge < -0.3 is 29.4 Å². The van der Waals surface area contributed by atoms with E-state index in [0.717, 1.165) is 0 Å². The van der Waals surface area contributed by atoms with Crippen LogP contribution in [0.15, 0.2) is 18.2 Å². The minimum absolute atomic E-state index is 0.0743. The summed E-state index contributed by atoms with van der Waals surface area (Å²) in [5.74, 6) is -1.43. The number of rotatable bonds is 12. The normalized spacial score (nSPS) is 12.3. The van der Waals surface area contributed by atoms with E-state index in [4.69, 9.17) is 24.7 Å². The average Bonchev–Trinajstić information content (AvgIpc) is 2.74. The van der Waals surface area contributed by atoms with Gasteiger partial charge >= 0.3 is 24.1 Å². The predicted octanol–water partition coefficient (Wildman–Crippen LogP) is 2.68. The molecule has 2 atom stereocenters. The highest BCUT2D eigenvalue weighted by molar-refractivity contribution is 5.77. The van der Waals surface area contributed by atoms with Gasteiger partial charge in [-0.1, -0.05) is 19.9 Å². The van der Waals surface area contributed by atoms with Gasteiger partial charge in [-0.25, -0.2) is 4.79 Å². The maximum Gasteiger partial charge on any atom is 0.508 e. The molecule has 0 aromatic heterocycles. The predicted molar refractivity (Wildman–Crippen MR) is 113 cm³/mol. The Morgan fingerprint density at radius 1 is 0.969 bits per heavy atom. The summed E-state index contributed by atoms with van der Waals surface area (Å²) < 4.78 is 24.8. The molecule has 0 spiro atoms. The molecule has 32 heavy (non-hydrogen) atoms. The third kappa shape index (κ3) is 9.78. The highest BCUT2D eigenvalue weighted by Gasteiger charge is 2.21. The number of nitrogens with two attached hydrogens (primary N) is 1. The summed E-state index contributed by atoms with van der Waals surface area (Å²) in [4.78, 5) is 47.0. The fourth-order valence-corrected chi connectivity index (χ4v) is 2.50. The Balaban J connectivity index is 2.85. The summed E-state index contributed by atoms with van der Waals surface area (Å²) in [7, 11) is 1.17. The third-order valence-electron chi connectivity index (χ3n) is 4.04. The molecule has 0 unspecified atom stereocenters. The van der Waals surface area contributed by atoms with Crippen molar-refractivity contribution >= 4 is 24.1 Å². The van der Waals surface area contributed by atoms with Crippen LogP contribution >= 0.6 is 0 Å². The Bertz CT molecular complexity index is 794. The van der Waals surface area contributed by atoms with Crippen LogP contribution in [0.4, 0.5) is 4.79 Å². The zero-order valence-electron chi connectivity index (χ0n) is 18.9. The summed E-state index contributed by atoms with van der Waals surface area (Å²) in [5.41, 5.74) is 6.51. The van der Waals surface area contributed by atoms with Crippen LogP contribution < -0.4 is 15.2 Å². The van der Waals surface area contributed by atoms with E-state index >= 15 is 0 Å². The van der Waals surface area contributed by atoms with Gasteiger partial charge in [0.05, 0.1) is 7.11 Å². The molecule has 10 nitrogen and oxygen atoms in total. The average molecular weight is 453 g/mol. The van der Waals surface area contributed by atoms with Crippen molar-refractivity contribution in [1.29, 1.82) is 0 Å². The van der Waals surface area contributed by atoms with E-state index in [2.05, 4.69) is 4.74 Å². The lowest BCUT2D eigenvalue weighted by atomic mass is 10.1. The van der Waals surface area contributed by atoms with E-state index in [1.165, 1.54) is 26.2 Å². The topological polar surface area (TPSA) is 140 Å². The number of methoxy groups -OCH3 is 1. The molecule has 1 rings (SSSR count). The smallest absolute Gasteiger partial charge is 0.458 e. The van der Waals surface area contributed by atoms with E-state index in [-0.39, 0.29) is 37.4 Å². The standard InChI is InChI=1S/C22H31NO9/c1-5-7-19(24)31-17-10-9-15(12-18(17)32-20(25)8-6-2)11-16(23)21(26)30-14(3)13-29-22(27)28-4/h9-10,12,14,16H,5-8,11,13,23H2,1-4H3/t14-,16-/m0/s1. The number of esters is 3. The van der Waals surface area contributed by atoms with Crippen LogP contribution in [0.25, 0.3) is 0 Å². The number of carbonyl (C=O) groups excluding carboxylic acids is 4. The van der Waals surface area contributed by atoms with Crippen LogP contribution in [-0.4, -0.2) is 49.9 Å². The summed E-state index contributed by atoms with van der Waals surface area (Å²) >= 11 is 0. The van der Waals surface area contributed by atoms with Gasteiger partial charge in [0.2, 0.25) is 0 Å². The highest BCUT2D eigenvalue weighted by Crippen LogP contribution is 2.30. The van der Waals surface area contributed by atoms with Crippen LogP contribution in [0.3, 0.4) is 0 Å². The lowest BCUT2D eigenvalue weighted by Crippen LogP contribution is -2.37. The minimum atomic E-state index is -1.02. The highest BCUT2D eigenvalue weighted by atomic mass is 16.7. The molecule has 1 aromatic carbocycles. The Labute approximate surface area is 187 Å². The molecule has 178 valence electrons. The van der Waals surface area contributed by atoms with Gasteiger partial charge in [0, 0.05) is 12.8 Å². The molecule has 0 fully saturated rings. The van der Waals surface area contributed by atoms with Crippen LogP contribution in [-0.2, 0) is 35.0 Å². The molecule has 0 saturated heterocycles. The lowest BCUT2D eigenvalue weighted by Gasteiger charge is -2.17. The monoisotopic (exact) mass is 453 g/mol. The molecule has 0 heterocycles. The Kier molecular flexibility index (Phi) is 11.8. The van der Waals surface area contributed by atoms with Crippen molar-refractivity contribution in [2.75, 3.05) is 13.7 Å². The van der Waals surface area contributed by atoms with Crippen LogP contribution in [0.2, 0.25) is 0 Å². The second-order valence-corrected chi connectivity index (χ2v) is 7.05. The lowest BCUT2D eigenvalue weighted by molar-refractivity contribution is -0.152. The number of benzene rings is 1. The first-order chi connectivity index (χ1) is 15.2. The van der Waals surface area contributed by atoms with Gasteiger partial charge in [-0.05, 0) is 43.9 Å². The van der Waals surface area contributed by atoms with Crippen molar-refractivity contribution in [1.82, 2.24) is 0 Å². The van der Waals surface area contributed by atoms with E-state index < -0.39 is 36.2 Å². The second-order valence-electron chi connectivity index (χ2n) is 7.05. The molecule has 0 aliphatic rings. The second kappa shape index (κ2) is 14.0. The van der Waals surface area contributed by atoms with E-state index in [0.29, 0.717) is 18.4 Å². The first kappa shape index (κ1) is 26.9. The molecule has 0 bridgehead atoms. The largest absolute Gasteiger partial charge is 0.508 e. The van der Waals surface area contributed by atoms with Gasteiger partial charge in [0.25, 0.3) is 0 Å². The SMILES string of the molecule is CCCC(=O)Oc1ccc(C[C@H](N)C(=O)O[C@@H](C)COC(=O)OC)cc1OC(=O)CCC. The van der Waals surface area contributed by atoms with Gasteiger partial charge in [-0.15, -0.1) is 0 Å². The molecule has 0 aliphatic carbocycles. The van der Waals surface area contributed by atoms with Crippen molar-refractivity contribution in [3.8, 4) is 11.5 Å². The maximum absolute atomic E-state index is 12.2. The third-order valence-corrected chi connectivity index (χ3v) is 4.04. The summed E-state index contributed by atoms with van der Waals surface area (Å²) in [6.07, 6.45) is 0.0914.